The largest absolute Gasteiger partial charge is 0.389 e. The van der Waals surface area contributed by atoms with Crippen molar-refractivity contribution in [3.63, 3.8) is 0 Å². The predicted molar refractivity (Wildman–Crippen MR) is 89.5 cm³/mol. The van der Waals surface area contributed by atoms with Crippen molar-refractivity contribution in [2.24, 2.45) is 11.7 Å². The van der Waals surface area contributed by atoms with Crippen LogP contribution in [0.15, 0.2) is 18.5 Å². The number of rotatable bonds is 2. The molecule has 1 aliphatic carbocycles. The molecule has 134 valence electrons. The minimum Gasteiger partial charge on any atom is -0.389 e. The van der Waals surface area contributed by atoms with Crippen LogP contribution in [0, 0.1) is 5.92 Å². The van der Waals surface area contributed by atoms with Gasteiger partial charge in [-0.05, 0) is 25.3 Å². The lowest BCUT2D eigenvalue weighted by Gasteiger charge is -2.47. The minimum atomic E-state index is -0.787. The fourth-order valence-corrected chi connectivity index (χ4v) is 3.73. The molecule has 25 heavy (non-hydrogen) atoms. The lowest BCUT2D eigenvalue weighted by molar-refractivity contribution is -0.151. The maximum Gasteiger partial charge on any atom is 0.313 e. The van der Waals surface area contributed by atoms with Crippen LogP contribution in [0.3, 0.4) is 0 Å². The third-order valence-corrected chi connectivity index (χ3v) is 5.19. The van der Waals surface area contributed by atoms with Crippen LogP contribution >= 0.6 is 0 Å². The van der Waals surface area contributed by atoms with Gasteiger partial charge in [0.1, 0.15) is 0 Å². The second kappa shape index (κ2) is 6.79. The molecule has 2 atom stereocenters. The molecule has 0 bridgehead atoms. The van der Waals surface area contributed by atoms with Gasteiger partial charge in [0.25, 0.3) is 0 Å². The van der Waals surface area contributed by atoms with Gasteiger partial charge < -0.3 is 21.1 Å². The third-order valence-electron chi connectivity index (χ3n) is 5.19. The van der Waals surface area contributed by atoms with Crippen molar-refractivity contribution >= 4 is 23.4 Å². The number of hydrogen-bond acceptors (Lipinski definition) is 5. The minimum absolute atomic E-state index is 0.0200. The molecule has 2 aliphatic rings. The van der Waals surface area contributed by atoms with Crippen LogP contribution in [0.2, 0.25) is 0 Å². The number of amides is 3. The van der Waals surface area contributed by atoms with Gasteiger partial charge in [-0.2, -0.15) is 0 Å². The summed E-state index contributed by atoms with van der Waals surface area (Å²) in [5.74, 6) is -2.07. The molecule has 4 N–H and O–H groups in total. The van der Waals surface area contributed by atoms with E-state index in [2.05, 4.69) is 10.3 Å². The highest BCUT2D eigenvalue weighted by atomic mass is 16.3. The maximum atomic E-state index is 12.4. The molecule has 8 nitrogen and oxygen atoms in total. The van der Waals surface area contributed by atoms with Gasteiger partial charge in [0.15, 0.2) is 0 Å². The van der Waals surface area contributed by atoms with Crippen molar-refractivity contribution in [3.8, 4) is 0 Å². The molecular formula is C17H22N4O4. The quantitative estimate of drug-likeness (QED) is 0.663. The van der Waals surface area contributed by atoms with Crippen molar-refractivity contribution in [1.82, 2.24) is 9.88 Å². The number of anilines is 1. The average Bonchev–Trinajstić information content (AvgIpc) is 2.60. The smallest absolute Gasteiger partial charge is 0.313 e. The number of likely N-dealkylation sites (tertiary alicyclic amines) is 1. The fourth-order valence-electron chi connectivity index (χ4n) is 3.73. The Balaban J connectivity index is 1.64. The Morgan fingerprint density at radius 3 is 2.84 bits per heavy atom. The van der Waals surface area contributed by atoms with Crippen molar-refractivity contribution in [3.05, 3.63) is 24.0 Å². The Kier molecular flexibility index (Phi) is 4.71. The predicted octanol–water partition coefficient (Wildman–Crippen LogP) is 0.273. The van der Waals surface area contributed by atoms with Gasteiger partial charge >= 0.3 is 11.8 Å². The Morgan fingerprint density at radius 1 is 1.28 bits per heavy atom. The number of fused-ring (bicyclic) bond motifs is 1. The first-order valence-corrected chi connectivity index (χ1v) is 8.46. The summed E-state index contributed by atoms with van der Waals surface area (Å²) in [4.78, 5) is 41.1. The molecule has 3 rings (SSSR count). The number of hydrogen-bond donors (Lipinski definition) is 3. The molecule has 0 spiro atoms. The summed E-state index contributed by atoms with van der Waals surface area (Å²) in [5.41, 5.74) is 4.86. The number of piperidine rings is 1. The first kappa shape index (κ1) is 17.3. The highest BCUT2D eigenvalue weighted by Gasteiger charge is 2.44. The number of carbonyl (C=O) groups is 3. The number of nitrogens with one attached hydrogen (secondary N) is 1. The number of aromatic nitrogens is 1. The molecule has 1 saturated carbocycles. The molecular weight excluding hydrogens is 324 g/mol. The molecule has 1 saturated heterocycles. The number of nitrogens with two attached hydrogens (primary N) is 1. The van der Waals surface area contributed by atoms with E-state index in [9.17, 15) is 19.5 Å². The SMILES string of the molecule is NC(=O)c1cncc(NC(=O)C(=O)N2CC[C@]3(O)CCCC[C@@H]3C2)c1. The topological polar surface area (TPSA) is 126 Å². The van der Waals surface area contributed by atoms with E-state index in [1.807, 2.05) is 0 Å². The molecule has 1 aromatic heterocycles. The van der Waals surface area contributed by atoms with Crippen LogP contribution in [-0.2, 0) is 9.59 Å². The first-order chi connectivity index (χ1) is 11.9. The molecule has 8 heteroatoms. The fraction of sp³-hybridized carbons (Fsp3) is 0.529. The van der Waals surface area contributed by atoms with E-state index in [1.54, 1.807) is 0 Å². The molecule has 1 aliphatic heterocycles. The van der Waals surface area contributed by atoms with Crippen molar-refractivity contribution in [2.75, 3.05) is 18.4 Å². The Morgan fingerprint density at radius 2 is 2.08 bits per heavy atom. The Labute approximate surface area is 145 Å². The number of carbonyl (C=O) groups excluding carboxylic acids is 3. The van der Waals surface area contributed by atoms with E-state index in [1.165, 1.54) is 23.4 Å². The van der Waals surface area contributed by atoms with Crippen LogP contribution in [0.5, 0.6) is 0 Å². The van der Waals surface area contributed by atoms with E-state index in [0.717, 1.165) is 25.7 Å². The van der Waals surface area contributed by atoms with Gasteiger partial charge in [0, 0.05) is 25.2 Å². The standard InChI is InChI=1S/C17H22N4O4/c18-14(22)11-7-13(9-19-8-11)20-15(23)16(24)21-6-5-17(25)4-2-1-3-12(17)10-21/h7-9,12,25H,1-6,10H2,(H2,18,22)(H,20,23)/t12-,17-/m1/s1. The van der Waals surface area contributed by atoms with E-state index in [-0.39, 0.29) is 17.2 Å². The van der Waals surface area contributed by atoms with E-state index in [0.29, 0.717) is 19.5 Å². The highest BCUT2D eigenvalue weighted by Crippen LogP contribution is 2.39. The first-order valence-electron chi connectivity index (χ1n) is 8.46. The summed E-state index contributed by atoms with van der Waals surface area (Å²) in [6, 6.07) is 1.37. The van der Waals surface area contributed by atoms with Gasteiger partial charge in [-0.25, -0.2) is 0 Å². The summed E-state index contributed by atoms with van der Waals surface area (Å²) >= 11 is 0. The summed E-state index contributed by atoms with van der Waals surface area (Å²) < 4.78 is 0. The lowest BCUT2D eigenvalue weighted by atomic mass is 9.71. The van der Waals surface area contributed by atoms with E-state index < -0.39 is 23.3 Å². The van der Waals surface area contributed by atoms with Crippen molar-refractivity contribution in [1.29, 1.82) is 0 Å². The summed E-state index contributed by atoms with van der Waals surface area (Å²) in [6.07, 6.45) is 6.79. The Bertz CT molecular complexity index is 708. The highest BCUT2D eigenvalue weighted by molar-refractivity contribution is 6.39. The maximum absolute atomic E-state index is 12.4. The van der Waals surface area contributed by atoms with Gasteiger partial charge in [0.2, 0.25) is 5.91 Å². The molecule has 0 radical (unpaired) electrons. The lowest BCUT2D eigenvalue weighted by Crippen LogP contribution is -2.56. The molecule has 2 heterocycles. The number of primary amides is 1. The second-order valence-corrected chi connectivity index (χ2v) is 6.83. The van der Waals surface area contributed by atoms with Crippen LogP contribution < -0.4 is 11.1 Å². The summed E-state index contributed by atoms with van der Waals surface area (Å²) in [5, 5.41) is 13.1. The van der Waals surface area contributed by atoms with E-state index in [4.69, 9.17) is 5.73 Å². The van der Waals surface area contributed by atoms with Gasteiger partial charge in [-0.15, -0.1) is 0 Å². The molecule has 0 aromatic carbocycles. The van der Waals surface area contributed by atoms with Crippen LogP contribution in [0.25, 0.3) is 0 Å². The number of nitrogens with zero attached hydrogens (tertiary/aromatic N) is 2. The summed E-state index contributed by atoms with van der Waals surface area (Å²) in [6.45, 7) is 0.751. The zero-order valence-electron chi connectivity index (χ0n) is 13.9. The molecule has 2 fully saturated rings. The van der Waals surface area contributed by atoms with E-state index >= 15 is 0 Å². The van der Waals surface area contributed by atoms with Gasteiger partial charge in [-0.3, -0.25) is 19.4 Å². The average molecular weight is 346 g/mol. The second-order valence-electron chi connectivity index (χ2n) is 6.83. The zero-order valence-corrected chi connectivity index (χ0v) is 13.9. The normalized spacial score (nSPS) is 25.8. The van der Waals surface area contributed by atoms with Gasteiger partial charge in [0.05, 0.1) is 23.0 Å². The van der Waals surface area contributed by atoms with Crippen molar-refractivity contribution < 1.29 is 19.5 Å². The molecule has 0 unspecified atom stereocenters. The third kappa shape index (κ3) is 3.63. The number of aliphatic hydroxyl groups is 1. The monoisotopic (exact) mass is 346 g/mol. The Hall–Kier alpha value is -2.48. The van der Waals surface area contributed by atoms with Crippen LogP contribution in [-0.4, -0.2) is 51.4 Å². The van der Waals surface area contributed by atoms with Gasteiger partial charge in [-0.1, -0.05) is 12.8 Å². The zero-order chi connectivity index (χ0) is 18.0. The van der Waals surface area contributed by atoms with Crippen molar-refractivity contribution in [2.45, 2.75) is 37.7 Å². The molecule has 1 aromatic rings. The van der Waals surface area contributed by atoms with Crippen LogP contribution in [0.4, 0.5) is 5.69 Å². The van der Waals surface area contributed by atoms with Crippen LogP contribution in [0.1, 0.15) is 42.5 Å². The summed E-state index contributed by atoms with van der Waals surface area (Å²) in [7, 11) is 0. The molecule has 3 amide bonds. The number of pyridine rings is 1.